The zero-order chi connectivity index (χ0) is 17.1. The Labute approximate surface area is 150 Å². The first kappa shape index (κ1) is 16.7. The molecule has 2 saturated carbocycles. The molecule has 0 aromatic carbocycles. The van der Waals surface area contributed by atoms with Gasteiger partial charge in [-0.3, -0.25) is 0 Å². The molecule has 1 N–H and O–H groups in total. The van der Waals surface area contributed by atoms with Gasteiger partial charge in [-0.1, -0.05) is 6.42 Å². The molecule has 0 unspecified atom stereocenters. The average molecular weight is 342 g/mol. The zero-order valence-corrected chi connectivity index (χ0v) is 15.3. The second-order valence-electron chi connectivity index (χ2n) is 7.95. The molecule has 5 heteroatoms. The van der Waals surface area contributed by atoms with Gasteiger partial charge in [-0.2, -0.15) is 0 Å². The smallest absolute Gasteiger partial charge is 0.213 e. The maximum Gasteiger partial charge on any atom is 0.213 e. The predicted octanol–water partition coefficient (Wildman–Crippen LogP) is 3.21. The van der Waals surface area contributed by atoms with Gasteiger partial charge in [0.1, 0.15) is 0 Å². The largest absolute Gasteiger partial charge is 0.477 e. The molecule has 25 heavy (non-hydrogen) atoms. The number of nitrogens with one attached hydrogen (secondary N) is 1. The Morgan fingerprint density at radius 3 is 2.96 bits per heavy atom. The van der Waals surface area contributed by atoms with Crippen LogP contribution in [0, 0.1) is 11.3 Å². The van der Waals surface area contributed by atoms with Crippen LogP contribution in [0.5, 0.6) is 5.88 Å². The minimum atomic E-state index is 0.594. The van der Waals surface area contributed by atoms with E-state index in [4.69, 9.17) is 9.73 Å². The molecule has 5 nitrogen and oxygen atoms in total. The van der Waals surface area contributed by atoms with Crippen molar-refractivity contribution in [3.63, 3.8) is 0 Å². The van der Waals surface area contributed by atoms with Crippen molar-refractivity contribution in [1.29, 1.82) is 0 Å². The topological polar surface area (TPSA) is 49.8 Å². The SMILES string of the molecule is CCNC(=NCc1ccnc(OCC2CC2)c1)N1CCC2(CCC2)C1. The molecule has 1 spiro atoms. The molecule has 3 fully saturated rings. The van der Waals surface area contributed by atoms with Crippen molar-refractivity contribution >= 4 is 5.96 Å². The lowest BCUT2D eigenvalue weighted by molar-refractivity contribution is 0.151. The summed E-state index contributed by atoms with van der Waals surface area (Å²) in [6.07, 6.45) is 9.96. The molecule has 0 radical (unpaired) electrons. The van der Waals surface area contributed by atoms with Crippen LogP contribution < -0.4 is 10.1 Å². The Morgan fingerprint density at radius 2 is 2.28 bits per heavy atom. The van der Waals surface area contributed by atoms with E-state index < -0.39 is 0 Å². The number of hydrogen-bond acceptors (Lipinski definition) is 3. The van der Waals surface area contributed by atoms with Gasteiger partial charge in [0, 0.05) is 31.9 Å². The van der Waals surface area contributed by atoms with Crippen LogP contribution in [0.4, 0.5) is 0 Å². The highest BCUT2D eigenvalue weighted by molar-refractivity contribution is 5.80. The van der Waals surface area contributed by atoms with E-state index >= 15 is 0 Å². The highest BCUT2D eigenvalue weighted by atomic mass is 16.5. The summed E-state index contributed by atoms with van der Waals surface area (Å²) in [5, 5.41) is 3.47. The Hall–Kier alpha value is -1.78. The van der Waals surface area contributed by atoms with Crippen molar-refractivity contribution in [2.75, 3.05) is 26.2 Å². The van der Waals surface area contributed by atoms with Crippen molar-refractivity contribution in [3.8, 4) is 5.88 Å². The number of pyridine rings is 1. The summed E-state index contributed by atoms with van der Waals surface area (Å²) in [5.41, 5.74) is 1.75. The van der Waals surface area contributed by atoms with E-state index in [1.807, 2.05) is 18.3 Å². The van der Waals surface area contributed by atoms with Crippen LogP contribution in [0.15, 0.2) is 23.3 Å². The predicted molar refractivity (Wildman–Crippen MR) is 99.7 cm³/mol. The standard InChI is InChI=1S/C20H30N4O/c1-2-21-19(24-11-9-20(15-24)7-3-8-20)23-13-17-6-10-22-18(12-17)25-14-16-4-5-16/h6,10,12,16H,2-5,7-9,11,13-15H2,1H3,(H,21,23). The number of hydrogen-bond donors (Lipinski definition) is 1. The fourth-order valence-electron chi connectivity index (χ4n) is 3.91. The molecule has 4 rings (SSSR count). The molecular weight excluding hydrogens is 312 g/mol. The normalized spacial score (nSPS) is 22.1. The lowest BCUT2D eigenvalue weighted by Gasteiger charge is -2.38. The van der Waals surface area contributed by atoms with Gasteiger partial charge in [-0.05, 0) is 62.0 Å². The second kappa shape index (κ2) is 7.22. The molecule has 0 amide bonds. The number of guanidine groups is 1. The molecule has 1 aliphatic heterocycles. The first-order chi connectivity index (χ1) is 12.3. The summed E-state index contributed by atoms with van der Waals surface area (Å²) >= 11 is 0. The van der Waals surface area contributed by atoms with E-state index in [-0.39, 0.29) is 0 Å². The number of likely N-dealkylation sites (tertiary alicyclic amines) is 1. The van der Waals surface area contributed by atoms with E-state index in [0.29, 0.717) is 12.0 Å². The third-order valence-electron chi connectivity index (χ3n) is 5.86. The van der Waals surface area contributed by atoms with Gasteiger partial charge in [0.15, 0.2) is 5.96 Å². The third-order valence-corrected chi connectivity index (χ3v) is 5.86. The van der Waals surface area contributed by atoms with Crippen LogP contribution in [0.3, 0.4) is 0 Å². The van der Waals surface area contributed by atoms with Crippen molar-refractivity contribution in [3.05, 3.63) is 23.9 Å². The molecule has 1 aromatic heterocycles. The van der Waals surface area contributed by atoms with Gasteiger partial charge in [0.25, 0.3) is 0 Å². The van der Waals surface area contributed by atoms with Crippen LogP contribution in [0.25, 0.3) is 0 Å². The van der Waals surface area contributed by atoms with Crippen molar-refractivity contribution < 1.29 is 4.74 Å². The Kier molecular flexibility index (Phi) is 4.82. The summed E-state index contributed by atoms with van der Waals surface area (Å²) in [6, 6.07) is 4.07. The molecular formula is C20H30N4O. The minimum Gasteiger partial charge on any atom is -0.477 e. The molecule has 3 aliphatic rings. The summed E-state index contributed by atoms with van der Waals surface area (Å²) in [5.74, 6) is 2.54. The van der Waals surface area contributed by atoms with E-state index in [1.54, 1.807) is 0 Å². The maximum atomic E-state index is 5.79. The molecule has 0 atom stereocenters. The summed E-state index contributed by atoms with van der Waals surface area (Å²) < 4.78 is 5.79. The van der Waals surface area contributed by atoms with Crippen molar-refractivity contribution in [1.82, 2.24) is 15.2 Å². The lowest BCUT2D eigenvalue weighted by atomic mass is 9.68. The molecule has 136 valence electrons. The van der Waals surface area contributed by atoms with Gasteiger partial charge in [-0.15, -0.1) is 0 Å². The zero-order valence-electron chi connectivity index (χ0n) is 15.3. The third kappa shape index (κ3) is 4.07. The average Bonchev–Trinajstić information content (AvgIpc) is 3.32. The van der Waals surface area contributed by atoms with Crippen LogP contribution in [0.2, 0.25) is 0 Å². The summed E-state index contributed by atoms with van der Waals surface area (Å²) in [4.78, 5) is 11.7. The van der Waals surface area contributed by atoms with Crippen LogP contribution in [-0.2, 0) is 6.54 Å². The van der Waals surface area contributed by atoms with E-state index in [2.05, 4.69) is 22.1 Å². The Morgan fingerprint density at radius 1 is 1.40 bits per heavy atom. The van der Waals surface area contributed by atoms with E-state index in [9.17, 15) is 0 Å². The van der Waals surface area contributed by atoms with Crippen molar-refractivity contribution in [2.45, 2.75) is 52.0 Å². The lowest BCUT2D eigenvalue weighted by Crippen LogP contribution is -2.42. The number of aliphatic imine (C=N–C) groups is 1. The van der Waals surface area contributed by atoms with Crippen LogP contribution in [-0.4, -0.2) is 42.1 Å². The summed E-state index contributed by atoms with van der Waals surface area (Å²) in [7, 11) is 0. The molecule has 1 saturated heterocycles. The molecule has 1 aromatic rings. The first-order valence-corrected chi connectivity index (χ1v) is 9.87. The van der Waals surface area contributed by atoms with Gasteiger partial charge < -0.3 is 15.0 Å². The highest BCUT2D eigenvalue weighted by Crippen LogP contribution is 2.47. The number of aromatic nitrogens is 1. The first-order valence-electron chi connectivity index (χ1n) is 9.87. The number of ether oxygens (including phenoxy) is 1. The highest BCUT2D eigenvalue weighted by Gasteiger charge is 2.43. The maximum absolute atomic E-state index is 5.79. The summed E-state index contributed by atoms with van der Waals surface area (Å²) in [6.45, 7) is 6.84. The van der Waals surface area contributed by atoms with E-state index in [1.165, 1.54) is 45.1 Å². The fourth-order valence-corrected chi connectivity index (χ4v) is 3.91. The van der Waals surface area contributed by atoms with Gasteiger partial charge in [0.2, 0.25) is 5.88 Å². The number of rotatable bonds is 6. The Bertz CT molecular complexity index is 622. The quantitative estimate of drug-likeness (QED) is 0.637. The van der Waals surface area contributed by atoms with Crippen LogP contribution in [0.1, 0.15) is 51.0 Å². The van der Waals surface area contributed by atoms with E-state index in [0.717, 1.165) is 43.0 Å². The monoisotopic (exact) mass is 342 g/mol. The Balaban J connectivity index is 1.38. The van der Waals surface area contributed by atoms with Crippen LogP contribution >= 0.6 is 0 Å². The van der Waals surface area contributed by atoms with Gasteiger partial charge in [-0.25, -0.2) is 9.98 Å². The fraction of sp³-hybridized carbons (Fsp3) is 0.700. The second-order valence-corrected chi connectivity index (χ2v) is 7.95. The van der Waals surface area contributed by atoms with Gasteiger partial charge in [0.05, 0.1) is 13.2 Å². The molecule has 2 heterocycles. The van der Waals surface area contributed by atoms with Gasteiger partial charge >= 0.3 is 0 Å². The van der Waals surface area contributed by atoms with Crippen molar-refractivity contribution in [2.24, 2.45) is 16.3 Å². The minimum absolute atomic E-state index is 0.594. The molecule has 0 bridgehead atoms. The molecule has 2 aliphatic carbocycles. The number of nitrogens with zero attached hydrogens (tertiary/aromatic N) is 3.